The number of carbonyl (C=O) groups excluding carboxylic acids is 1. The largest absolute Gasteiger partial charge is 0.488 e. The third-order valence-electron chi connectivity index (χ3n) is 7.04. The minimum atomic E-state index is -4.64. The number of carbonyl (C=O) groups is 1. The van der Waals surface area contributed by atoms with Crippen LogP contribution in [0.3, 0.4) is 0 Å². The number of hydrogen-bond donors (Lipinski definition) is 0. The molecule has 202 valence electrons. The van der Waals surface area contributed by atoms with Gasteiger partial charge in [-0.3, -0.25) is 9.78 Å². The Kier molecular flexibility index (Phi) is 6.93. The summed E-state index contributed by atoms with van der Waals surface area (Å²) in [6.45, 7) is 0.905. The summed E-state index contributed by atoms with van der Waals surface area (Å²) in [5.41, 5.74) is 0.377. The van der Waals surface area contributed by atoms with Gasteiger partial charge in [-0.2, -0.15) is 13.2 Å². The van der Waals surface area contributed by atoms with Crippen molar-refractivity contribution in [2.24, 2.45) is 5.92 Å². The molecule has 12 heteroatoms. The van der Waals surface area contributed by atoms with Gasteiger partial charge in [0.05, 0.1) is 30.7 Å². The standard InChI is InChI=1S/C26H26F3N3O5S/c1-36-24-22(26(27,28)29)12-17(14-31-24)20-4-8-30-23-3-2-18(13-21(20)23)37-19-5-9-32(15-19)25(33)16-6-10-38(34,35)11-7-16/h2-4,8,12-14,16,19H,5-7,9-11,15H2,1H3/t19-/m0/s1. The molecular weight excluding hydrogens is 523 g/mol. The van der Waals surface area contributed by atoms with E-state index >= 15 is 0 Å². The maximum atomic E-state index is 13.6. The molecule has 4 heterocycles. The van der Waals surface area contributed by atoms with E-state index in [1.165, 1.54) is 12.4 Å². The number of methoxy groups -OCH3 is 1. The first-order valence-corrected chi connectivity index (χ1v) is 14.0. The molecule has 0 spiro atoms. The summed E-state index contributed by atoms with van der Waals surface area (Å²) in [7, 11) is -1.91. The van der Waals surface area contributed by atoms with Gasteiger partial charge in [0, 0.05) is 42.2 Å². The molecule has 3 aromatic rings. The lowest BCUT2D eigenvalue weighted by Crippen LogP contribution is -2.39. The van der Waals surface area contributed by atoms with Gasteiger partial charge in [0.2, 0.25) is 11.8 Å². The fraction of sp³-hybridized carbons (Fsp3) is 0.423. The summed E-state index contributed by atoms with van der Waals surface area (Å²) >= 11 is 0. The molecule has 38 heavy (non-hydrogen) atoms. The van der Waals surface area contributed by atoms with Gasteiger partial charge in [-0.25, -0.2) is 13.4 Å². The molecule has 0 aliphatic carbocycles. The van der Waals surface area contributed by atoms with Crippen molar-refractivity contribution in [3.8, 4) is 22.8 Å². The fourth-order valence-corrected chi connectivity index (χ4v) is 6.52. The predicted molar refractivity (Wildman–Crippen MR) is 134 cm³/mol. The molecule has 0 N–H and O–H groups in total. The number of sulfone groups is 1. The second-order valence-corrected chi connectivity index (χ2v) is 11.9. The van der Waals surface area contributed by atoms with E-state index in [0.717, 1.165) is 13.2 Å². The highest BCUT2D eigenvalue weighted by atomic mass is 32.2. The van der Waals surface area contributed by atoms with Crippen molar-refractivity contribution in [3.05, 3.63) is 48.3 Å². The Hall–Kier alpha value is -3.41. The minimum Gasteiger partial charge on any atom is -0.488 e. The normalized spacial score (nSPS) is 20.0. The van der Waals surface area contributed by atoms with E-state index in [2.05, 4.69) is 9.97 Å². The Bertz CT molecular complexity index is 1460. The molecule has 2 saturated heterocycles. The number of halogens is 3. The monoisotopic (exact) mass is 549 g/mol. The van der Waals surface area contributed by atoms with Crippen LogP contribution in [0.1, 0.15) is 24.8 Å². The number of amides is 1. The second kappa shape index (κ2) is 10.0. The van der Waals surface area contributed by atoms with Gasteiger partial charge in [0.1, 0.15) is 27.3 Å². The van der Waals surface area contributed by atoms with E-state index in [4.69, 9.17) is 9.47 Å². The van der Waals surface area contributed by atoms with E-state index in [-0.39, 0.29) is 35.0 Å². The summed E-state index contributed by atoms with van der Waals surface area (Å²) < 4.78 is 75.0. The van der Waals surface area contributed by atoms with Gasteiger partial charge < -0.3 is 14.4 Å². The quantitative estimate of drug-likeness (QED) is 0.472. The zero-order valence-electron chi connectivity index (χ0n) is 20.6. The highest BCUT2D eigenvalue weighted by molar-refractivity contribution is 7.91. The number of pyridine rings is 2. The van der Waals surface area contributed by atoms with Crippen LogP contribution in [0.2, 0.25) is 0 Å². The topological polar surface area (TPSA) is 98.7 Å². The van der Waals surface area contributed by atoms with Crippen LogP contribution in [0, 0.1) is 5.92 Å². The van der Waals surface area contributed by atoms with Crippen LogP contribution in [0.15, 0.2) is 42.7 Å². The third-order valence-corrected chi connectivity index (χ3v) is 8.75. The average molecular weight is 550 g/mol. The molecule has 0 radical (unpaired) electrons. The Morgan fingerprint density at radius 1 is 1.08 bits per heavy atom. The van der Waals surface area contributed by atoms with Crippen molar-refractivity contribution < 1.29 is 35.9 Å². The van der Waals surface area contributed by atoms with Gasteiger partial charge in [0.15, 0.2) is 0 Å². The zero-order chi connectivity index (χ0) is 27.1. The average Bonchev–Trinajstić information content (AvgIpc) is 3.35. The molecule has 2 aliphatic heterocycles. The van der Waals surface area contributed by atoms with Gasteiger partial charge in [-0.1, -0.05) is 0 Å². The fourth-order valence-electron chi connectivity index (χ4n) is 5.03. The van der Waals surface area contributed by atoms with Crippen LogP contribution in [0.5, 0.6) is 11.6 Å². The van der Waals surface area contributed by atoms with Crippen LogP contribution in [-0.2, 0) is 20.8 Å². The van der Waals surface area contributed by atoms with Crippen molar-refractivity contribution in [2.75, 3.05) is 31.7 Å². The number of rotatable bonds is 5. The zero-order valence-corrected chi connectivity index (χ0v) is 21.4. The number of benzene rings is 1. The molecule has 1 amide bonds. The Labute approximate surface area is 217 Å². The summed E-state index contributed by atoms with van der Waals surface area (Å²) in [5.74, 6) is -0.238. The Morgan fingerprint density at radius 2 is 1.84 bits per heavy atom. The molecule has 2 aromatic heterocycles. The maximum absolute atomic E-state index is 13.6. The van der Waals surface area contributed by atoms with Gasteiger partial charge in [0.25, 0.3) is 0 Å². The van der Waals surface area contributed by atoms with Crippen molar-refractivity contribution in [3.63, 3.8) is 0 Å². The number of alkyl halides is 3. The van der Waals surface area contributed by atoms with Gasteiger partial charge in [-0.05, 0) is 48.7 Å². The molecule has 2 fully saturated rings. The Morgan fingerprint density at radius 3 is 2.55 bits per heavy atom. The summed E-state index contributed by atoms with van der Waals surface area (Å²) in [6, 6.07) is 7.83. The molecular formula is C26H26F3N3O5S. The lowest BCUT2D eigenvalue weighted by atomic mass is 10.0. The van der Waals surface area contributed by atoms with Crippen molar-refractivity contribution in [2.45, 2.75) is 31.5 Å². The van der Waals surface area contributed by atoms with Crippen molar-refractivity contribution >= 4 is 26.6 Å². The molecule has 0 saturated carbocycles. The number of ether oxygens (including phenoxy) is 2. The maximum Gasteiger partial charge on any atom is 0.421 e. The lowest BCUT2D eigenvalue weighted by molar-refractivity contribution is -0.139. The number of aromatic nitrogens is 2. The van der Waals surface area contributed by atoms with E-state index in [0.29, 0.717) is 54.6 Å². The van der Waals surface area contributed by atoms with Crippen LogP contribution in [0.4, 0.5) is 13.2 Å². The highest BCUT2D eigenvalue weighted by Crippen LogP contribution is 2.39. The van der Waals surface area contributed by atoms with E-state index in [9.17, 15) is 26.4 Å². The lowest BCUT2D eigenvalue weighted by Gasteiger charge is -2.26. The van der Waals surface area contributed by atoms with Crippen LogP contribution in [0.25, 0.3) is 22.0 Å². The summed E-state index contributed by atoms with van der Waals surface area (Å²) in [4.78, 5) is 22.8. The summed E-state index contributed by atoms with van der Waals surface area (Å²) in [6.07, 6.45) is -0.738. The van der Waals surface area contributed by atoms with Crippen LogP contribution in [-0.4, -0.2) is 67.0 Å². The first-order valence-electron chi connectivity index (χ1n) is 12.2. The predicted octanol–water partition coefficient (Wildman–Crippen LogP) is 4.13. The first kappa shape index (κ1) is 26.2. The van der Waals surface area contributed by atoms with E-state index in [1.54, 1.807) is 29.2 Å². The summed E-state index contributed by atoms with van der Waals surface area (Å²) in [5, 5.41) is 0.597. The van der Waals surface area contributed by atoms with E-state index in [1.807, 2.05) is 0 Å². The van der Waals surface area contributed by atoms with Crippen LogP contribution >= 0.6 is 0 Å². The molecule has 2 aliphatic rings. The number of likely N-dealkylation sites (tertiary alicyclic amines) is 1. The third kappa shape index (κ3) is 5.40. The van der Waals surface area contributed by atoms with E-state index < -0.39 is 27.5 Å². The van der Waals surface area contributed by atoms with Crippen LogP contribution < -0.4 is 9.47 Å². The van der Waals surface area contributed by atoms with Gasteiger partial charge >= 0.3 is 6.18 Å². The number of hydrogen-bond acceptors (Lipinski definition) is 7. The molecule has 0 unspecified atom stereocenters. The second-order valence-electron chi connectivity index (χ2n) is 9.55. The molecule has 5 rings (SSSR count). The molecule has 1 atom stereocenters. The Balaban J connectivity index is 1.35. The number of nitrogens with zero attached hydrogens (tertiary/aromatic N) is 3. The smallest absolute Gasteiger partial charge is 0.421 e. The molecule has 0 bridgehead atoms. The van der Waals surface area contributed by atoms with Gasteiger partial charge in [-0.15, -0.1) is 0 Å². The SMILES string of the molecule is COc1ncc(-c2ccnc3ccc(O[C@H]4CCN(C(=O)C5CCS(=O)(=O)CC5)C4)cc23)cc1C(F)(F)F. The molecule has 1 aromatic carbocycles. The molecule has 8 nitrogen and oxygen atoms in total. The van der Waals surface area contributed by atoms with Crippen molar-refractivity contribution in [1.82, 2.24) is 14.9 Å². The minimum absolute atomic E-state index is 0.0385. The number of fused-ring (bicyclic) bond motifs is 1. The highest BCUT2D eigenvalue weighted by Gasteiger charge is 2.36. The first-order chi connectivity index (χ1) is 18.0. The van der Waals surface area contributed by atoms with Crippen molar-refractivity contribution in [1.29, 1.82) is 0 Å².